The average Bonchev–Trinajstić information content (AvgIpc) is 3.07. The third kappa shape index (κ3) is 1.34. The number of Topliss-reactive ketones (excluding diaryl/α,β-unsaturated/α-hetero) is 1. The smallest absolute Gasteiger partial charge is 0.307 e. The molecule has 0 aromatic heterocycles. The van der Waals surface area contributed by atoms with Gasteiger partial charge in [0.1, 0.15) is 5.78 Å². The van der Waals surface area contributed by atoms with Gasteiger partial charge in [-0.1, -0.05) is 20.8 Å². The van der Waals surface area contributed by atoms with Gasteiger partial charge in [-0.05, 0) is 24.2 Å². The normalized spacial score (nSPS) is 49.8. The van der Waals surface area contributed by atoms with Crippen molar-refractivity contribution in [3.8, 4) is 0 Å². The predicted molar refractivity (Wildman–Crippen MR) is 77.0 cm³/mol. The average molecular weight is 308 g/mol. The molecule has 5 heteroatoms. The molecule has 3 aliphatic carbocycles. The van der Waals surface area contributed by atoms with E-state index in [9.17, 15) is 14.7 Å². The van der Waals surface area contributed by atoms with Crippen molar-refractivity contribution in [2.45, 2.75) is 45.8 Å². The van der Waals surface area contributed by atoms with Crippen LogP contribution in [0.15, 0.2) is 0 Å². The molecule has 4 rings (SSSR count). The van der Waals surface area contributed by atoms with Crippen molar-refractivity contribution in [1.82, 2.24) is 0 Å². The third-order valence-corrected chi connectivity index (χ3v) is 7.55. The molecule has 0 radical (unpaired) electrons. The molecule has 4 bridgehead atoms. The summed E-state index contributed by atoms with van der Waals surface area (Å²) in [5, 5.41) is 9.59. The van der Waals surface area contributed by atoms with Crippen molar-refractivity contribution in [2.24, 2.45) is 34.5 Å². The molecule has 5 nitrogen and oxygen atoms in total. The second-order valence-electron chi connectivity index (χ2n) is 8.00. The number of rotatable bonds is 2. The zero-order valence-electron chi connectivity index (χ0n) is 13.4. The van der Waals surface area contributed by atoms with E-state index in [2.05, 4.69) is 13.8 Å². The Labute approximate surface area is 130 Å². The van der Waals surface area contributed by atoms with Crippen LogP contribution < -0.4 is 0 Å². The van der Waals surface area contributed by atoms with E-state index in [0.717, 1.165) is 6.42 Å². The predicted octanol–water partition coefficient (Wildman–Crippen LogP) is 2.09. The molecule has 4 aliphatic rings. The zero-order chi connectivity index (χ0) is 15.9. The topological polar surface area (TPSA) is 72.8 Å². The highest BCUT2D eigenvalue weighted by Gasteiger charge is 2.78. The Morgan fingerprint density at radius 3 is 2.55 bits per heavy atom. The SMILES string of the molecule is CC1C2C(=O)C3(C(C)C(=O)O)CCC2(C)C3CC12OCCO2. The molecule has 6 unspecified atom stereocenters. The van der Waals surface area contributed by atoms with Crippen LogP contribution in [0.4, 0.5) is 0 Å². The lowest BCUT2D eigenvalue weighted by Gasteiger charge is -2.49. The second kappa shape index (κ2) is 4.12. The Bertz CT molecular complexity index is 551. The third-order valence-electron chi connectivity index (χ3n) is 7.55. The van der Waals surface area contributed by atoms with Crippen LogP contribution in [0.5, 0.6) is 0 Å². The number of carbonyl (C=O) groups is 2. The highest BCUT2D eigenvalue weighted by molar-refractivity contribution is 5.96. The minimum atomic E-state index is -0.861. The van der Waals surface area contributed by atoms with Gasteiger partial charge in [-0.15, -0.1) is 0 Å². The van der Waals surface area contributed by atoms with Crippen LogP contribution in [0.25, 0.3) is 0 Å². The van der Waals surface area contributed by atoms with Crippen LogP contribution >= 0.6 is 0 Å². The van der Waals surface area contributed by atoms with Crippen molar-refractivity contribution in [3.05, 3.63) is 0 Å². The standard InChI is InChI=1S/C17H24O5/c1-9-12-13(18)16(10(2)14(19)20)5-4-15(12,3)11(16)8-17(9)21-6-7-22-17/h9-12H,4-8H2,1-3H3,(H,19,20). The van der Waals surface area contributed by atoms with E-state index >= 15 is 0 Å². The van der Waals surface area contributed by atoms with Crippen LogP contribution in [0.1, 0.15) is 40.0 Å². The molecule has 0 aromatic rings. The Kier molecular flexibility index (Phi) is 2.74. The van der Waals surface area contributed by atoms with Gasteiger partial charge in [0.05, 0.1) is 19.1 Å². The summed E-state index contributed by atoms with van der Waals surface area (Å²) in [5.41, 5.74) is -0.820. The molecule has 122 valence electrons. The summed E-state index contributed by atoms with van der Waals surface area (Å²) in [6, 6.07) is 0. The first-order valence-electron chi connectivity index (χ1n) is 8.35. The van der Waals surface area contributed by atoms with Crippen molar-refractivity contribution < 1.29 is 24.2 Å². The van der Waals surface area contributed by atoms with Crippen LogP contribution in [0, 0.1) is 34.5 Å². The van der Waals surface area contributed by atoms with Gasteiger partial charge in [0.2, 0.25) is 0 Å². The fourth-order valence-corrected chi connectivity index (χ4v) is 6.41. The van der Waals surface area contributed by atoms with E-state index in [1.807, 2.05) is 0 Å². The quantitative estimate of drug-likeness (QED) is 0.845. The van der Waals surface area contributed by atoms with Crippen LogP contribution in [0.2, 0.25) is 0 Å². The molecule has 4 fully saturated rings. The van der Waals surface area contributed by atoms with Crippen LogP contribution in [-0.4, -0.2) is 35.9 Å². The molecule has 1 heterocycles. The molecule has 1 N–H and O–H groups in total. The van der Waals surface area contributed by atoms with E-state index in [1.165, 1.54) is 0 Å². The Morgan fingerprint density at radius 2 is 1.95 bits per heavy atom. The maximum Gasteiger partial charge on any atom is 0.307 e. The lowest BCUT2D eigenvalue weighted by molar-refractivity contribution is -0.244. The largest absolute Gasteiger partial charge is 0.481 e. The van der Waals surface area contributed by atoms with Gasteiger partial charge >= 0.3 is 5.97 Å². The number of aliphatic carboxylic acids is 1. The summed E-state index contributed by atoms with van der Waals surface area (Å²) < 4.78 is 11.9. The number of hydrogen-bond acceptors (Lipinski definition) is 4. The van der Waals surface area contributed by atoms with Crippen LogP contribution in [0.3, 0.4) is 0 Å². The van der Waals surface area contributed by atoms with Gasteiger partial charge in [0, 0.05) is 23.7 Å². The Hall–Kier alpha value is -0.940. The molecule has 0 amide bonds. The van der Waals surface area contributed by atoms with E-state index in [4.69, 9.17) is 9.47 Å². The number of ether oxygens (including phenoxy) is 2. The van der Waals surface area contributed by atoms with E-state index in [-0.39, 0.29) is 29.0 Å². The first-order valence-corrected chi connectivity index (χ1v) is 8.35. The molecule has 22 heavy (non-hydrogen) atoms. The van der Waals surface area contributed by atoms with Crippen molar-refractivity contribution in [3.63, 3.8) is 0 Å². The van der Waals surface area contributed by atoms with E-state index in [0.29, 0.717) is 26.1 Å². The summed E-state index contributed by atoms with van der Waals surface area (Å²) in [5.74, 6) is -2.11. The van der Waals surface area contributed by atoms with Gasteiger partial charge in [-0.2, -0.15) is 0 Å². The first-order chi connectivity index (χ1) is 10.3. The Balaban J connectivity index is 1.85. The number of carboxylic acids is 1. The van der Waals surface area contributed by atoms with Gasteiger partial charge in [0.25, 0.3) is 0 Å². The molecule has 1 aliphatic heterocycles. The summed E-state index contributed by atoms with van der Waals surface area (Å²) >= 11 is 0. The highest BCUT2D eigenvalue weighted by Crippen LogP contribution is 2.75. The van der Waals surface area contributed by atoms with Crippen LogP contribution in [-0.2, 0) is 19.1 Å². The maximum absolute atomic E-state index is 13.3. The molecular weight excluding hydrogens is 284 g/mol. The van der Waals surface area contributed by atoms with Gasteiger partial charge < -0.3 is 14.6 Å². The highest BCUT2D eigenvalue weighted by atomic mass is 16.7. The van der Waals surface area contributed by atoms with Gasteiger partial charge in [0.15, 0.2) is 5.79 Å². The second-order valence-corrected chi connectivity index (χ2v) is 8.00. The van der Waals surface area contributed by atoms with E-state index in [1.54, 1.807) is 6.92 Å². The maximum atomic E-state index is 13.3. The number of carboxylic acid groups (broad SMARTS) is 1. The van der Waals surface area contributed by atoms with Crippen molar-refractivity contribution in [2.75, 3.05) is 13.2 Å². The number of ketones is 1. The zero-order valence-corrected chi connectivity index (χ0v) is 13.4. The molecular formula is C17H24O5. The monoisotopic (exact) mass is 308 g/mol. The van der Waals surface area contributed by atoms with Gasteiger partial charge in [-0.3, -0.25) is 9.59 Å². The fourth-order valence-electron chi connectivity index (χ4n) is 6.41. The lowest BCUT2D eigenvalue weighted by Crippen LogP contribution is -2.53. The first kappa shape index (κ1) is 14.6. The fraction of sp³-hybridized carbons (Fsp3) is 0.882. The van der Waals surface area contributed by atoms with Crippen molar-refractivity contribution >= 4 is 11.8 Å². The lowest BCUT2D eigenvalue weighted by atomic mass is 9.60. The number of carbonyl (C=O) groups excluding carboxylic acids is 1. The van der Waals surface area contributed by atoms with Gasteiger partial charge in [-0.25, -0.2) is 0 Å². The van der Waals surface area contributed by atoms with Crippen molar-refractivity contribution in [1.29, 1.82) is 0 Å². The summed E-state index contributed by atoms with van der Waals surface area (Å²) in [6.07, 6.45) is 2.29. The summed E-state index contributed by atoms with van der Waals surface area (Å²) in [7, 11) is 0. The molecule has 1 spiro atoms. The summed E-state index contributed by atoms with van der Waals surface area (Å²) in [4.78, 5) is 25.0. The Morgan fingerprint density at radius 1 is 1.32 bits per heavy atom. The minimum Gasteiger partial charge on any atom is -0.481 e. The summed E-state index contributed by atoms with van der Waals surface area (Å²) in [6.45, 7) is 7.07. The number of hydrogen-bond donors (Lipinski definition) is 1. The molecule has 1 saturated heterocycles. The minimum absolute atomic E-state index is 0.00748. The molecule has 0 aromatic carbocycles. The van der Waals surface area contributed by atoms with E-state index < -0.39 is 23.1 Å². The molecule has 6 atom stereocenters. The molecule has 3 saturated carbocycles.